The van der Waals surface area contributed by atoms with E-state index in [-0.39, 0.29) is 43.7 Å². The molecule has 0 bridgehead atoms. The molecule has 0 aliphatic heterocycles. The Kier molecular flexibility index (Phi) is 18.1. The highest BCUT2D eigenvalue weighted by molar-refractivity contribution is 7.09. The average molecular weight is 777 g/mol. The molecule has 2 aromatic rings. The van der Waals surface area contributed by atoms with Gasteiger partial charge in [0.15, 0.2) is 0 Å². The summed E-state index contributed by atoms with van der Waals surface area (Å²) in [6.45, 7) is 22.3. The van der Waals surface area contributed by atoms with Gasteiger partial charge >= 0.3 is 6.09 Å². The van der Waals surface area contributed by atoms with Crippen molar-refractivity contribution in [1.82, 2.24) is 41.1 Å². The van der Waals surface area contributed by atoms with E-state index in [1.165, 1.54) is 11.3 Å². The summed E-state index contributed by atoms with van der Waals surface area (Å²) < 4.78 is 7.29. The first-order valence-electron chi connectivity index (χ1n) is 18.9. The average Bonchev–Trinajstić information content (AvgIpc) is 3.63. The summed E-state index contributed by atoms with van der Waals surface area (Å²) in [5, 5.41) is 28.0. The number of hydrazine groups is 1. The van der Waals surface area contributed by atoms with Crippen LogP contribution in [-0.2, 0) is 37.0 Å². The first-order valence-corrected chi connectivity index (χ1v) is 19.8. The number of aryl methyl sites for hydroxylation is 3. The zero-order valence-corrected chi connectivity index (χ0v) is 35.1. The molecule has 54 heavy (non-hydrogen) atoms. The van der Waals surface area contributed by atoms with Crippen LogP contribution in [0, 0.1) is 44.4 Å². The lowest BCUT2D eigenvalue weighted by molar-refractivity contribution is -0.132. The van der Waals surface area contributed by atoms with Gasteiger partial charge in [0.05, 0.1) is 43.4 Å². The second-order valence-electron chi connectivity index (χ2n) is 15.9. The van der Waals surface area contributed by atoms with Crippen molar-refractivity contribution in [2.45, 2.75) is 146 Å². The molecule has 0 spiro atoms. The number of ether oxygens (including phenoxy) is 1. The lowest BCUT2D eigenvalue weighted by Gasteiger charge is -2.30. The predicted octanol–water partition coefficient (Wildman–Crippen LogP) is 4.32. The minimum absolute atomic E-state index is 0.0298. The fourth-order valence-corrected chi connectivity index (χ4v) is 6.44. The number of nitrogens with one attached hydrogen (secondary N) is 4. The van der Waals surface area contributed by atoms with Gasteiger partial charge < -0.3 is 25.8 Å². The van der Waals surface area contributed by atoms with Crippen molar-refractivity contribution in [3.8, 4) is 0 Å². The second kappa shape index (κ2) is 21.1. The van der Waals surface area contributed by atoms with Crippen LogP contribution < -0.4 is 21.4 Å². The van der Waals surface area contributed by atoms with Crippen molar-refractivity contribution >= 4 is 41.1 Å². The largest absolute Gasteiger partial charge is 0.442 e. The maximum Gasteiger partial charge on any atom is 0.429 e. The molecule has 0 aliphatic carbocycles. The third-order valence-corrected chi connectivity index (χ3v) is 9.65. The highest BCUT2D eigenvalue weighted by atomic mass is 32.1. The third-order valence-electron chi connectivity index (χ3n) is 8.69. The van der Waals surface area contributed by atoms with Gasteiger partial charge in [0.2, 0.25) is 23.6 Å². The zero-order valence-electron chi connectivity index (χ0n) is 34.2. The summed E-state index contributed by atoms with van der Waals surface area (Å²) in [7, 11) is 0. The molecule has 5 amide bonds. The van der Waals surface area contributed by atoms with E-state index < -0.39 is 59.4 Å². The maximum atomic E-state index is 13.4. The molecule has 0 aromatic carbocycles. The molecule has 304 valence electrons. The molecular weight excluding hydrogens is 713 g/mol. The molecule has 15 nitrogen and oxygen atoms in total. The lowest BCUT2D eigenvalue weighted by atomic mass is 9.92. The number of hydrogen-bond acceptors (Lipinski definition) is 10. The Morgan fingerprint density at radius 3 is 2.15 bits per heavy atom. The van der Waals surface area contributed by atoms with Gasteiger partial charge in [0, 0.05) is 29.1 Å². The van der Waals surface area contributed by atoms with Crippen LogP contribution in [0.15, 0.2) is 11.4 Å². The summed E-state index contributed by atoms with van der Waals surface area (Å²) in [5.41, 5.74) is 4.42. The molecule has 2 aromatic heterocycles. The number of nitrogens with zero attached hydrogens (tertiary/aromatic N) is 4. The highest BCUT2D eigenvalue weighted by Crippen LogP contribution is 2.18. The van der Waals surface area contributed by atoms with Crippen LogP contribution in [0.5, 0.6) is 0 Å². The number of carbonyl (C=O) groups excluding carboxylic acids is 5. The van der Waals surface area contributed by atoms with Crippen molar-refractivity contribution < 1.29 is 33.8 Å². The van der Waals surface area contributed by atoms with Gasteiger partial charge in [-0.3, -0.25) is 29.3 Å². The van der Waals surface area contributed by atoms with Crippen LogP contribution in [0.1, 0.15) is 110 Å². The predicted molar refractivity (Wildman–Crippen MR) is 208 cm³/mol. The van der Waals surface area contributed by atoms with E-state index in [0.29, 0.717) is 19.4 Å². The molecule has 2 heterocycles. The van der Waals surface area contributed by atoms with Crippen molar-refractivity contribution in [1.29, 1.82) is 0 Å². The molecule has 5 N–H and O–H groups in total. The van der Waals surface area contributed by atoms with Crippen LogP contribution >= 0.6 is 11.3 Å². The van der Waals surface area contributed by atoms with Crippen LogP contribution in [-0.4, -0.2) is 84.9 Å². The van der Waals surface area contributed by atoms with Gasteiger partial charge in [0.25, 0.3) is 0 Å². The molecule has 2 rings (SSSR count). The van der Waals surface area contributed by atoms with Gasteiger partial charge in [-0.25, -0.2) is 14.8 Å². The lowest BCUT2D eigenvalue weighted by Crippen LogP contribution is -2.52. The molecule has 0 saturated carbocycles. The van der Waals surface area contributed by atoms with E-state index in [1.54, 1.807) is 32.4 Å². The van der Waals surface area contributed by atoms with Gasteiger partial charge in [0.1, 0.15) is 16.7 Å². The Morgan fingerprint density at radius 1 is 0.963 bits per heavy atom. The Balaban J connectivity index is 2.07. The van der Waals surface area contributed by atoms with Crippen molar-refractivity contribution in [2.75, 3.05) is 6.54 Å². The molecule has 5 atom stereocenters. The summed E-state index contributed by atoms with van der Waals surface area (Å²) in [4.78, 5) is 70.6. The third kappa shape index (κ3) is 15.7. The van der Waals surface area contributed by atoms with Crippen molar-refractivity contribution in [2.24, 2.45) is 23.7 Å². The number of aliphatic hydroxyl groups excluding tert-OH is 1. The van der Waals surface area contributed by atoms with E-state index in [9.17, 15) is 29.1 Å². The van der Waals surface area contributed by atoms with Crippen LogP contribution in [0.2, 0.25) is 0 Å². The topological polar surface area (TPSA) is 197 Å². The zero-order chi connectivity index (χ0) is 40.9. The van der Waals surface area contributed by atoms with E-state index >= 15 is 0 Å². The quantitative estimate of drug-likeness (QED) is 0.129. The summed E-state index contributed by atoms with van der Waals surface area (Å²) in [6.07, 6.45) is -1.16. The number of carbonyl (C=O) groups is 5. The van der Waals surface area contributed by atoms with E-state index in [1.807, 2.05) is 66.8 Å². The fraction of sp³-hybridized carbons (Fsp3) is 0.711. The van der Waals surface area contributed by atoms with E-state index in [4.69, 9.17) is 4.74 Å². The van der Waals surface area contributed by atoms with E-state index in [0.717, 1.165) is 27.1 Å². The summed E-state index contributed by atoms with van der Waals surface area (Å²) >= 11 is 1.45. The Morgan fingerprint density at radius 2 is 1.63 bits per heavy atom. The standard InChI is InChI=1S/C38H64N8O7S/c1-13-28(20-46-27(9)18-25(7)43-46)35(50)44-45(37(52)53-38(10,11)12)15-14-31(48)41-29(16-22(2)3)30(47)17-24(6)34(49)42-33(23(4)5)36(51)39-19-32-40-26(8)21-54-32/h18,21-24,28-30,33,47H,13-17,19-20H2,1-12H3,(H,39,51)(H,41,48)(H,42,49)(H,44,50). The number of amides is 5. The molecule has 0 aliphatic rings. The van der Waals surface area contributed by atoms with Gasteiger partial charge in [-0.05, 0) is 78.7 Å². The number of aliphatic hydroxyl groups is 1. The molecule has 0 saturated heterocycles. The fourth-order valence-electron chi connectivity index (χ4n) is 5.73. The first kappa shape index (κ1) is 46.1. The smallest absolute Gasteiger partial charge is 0.429 e. The Bertz CT molecular complexity index is 1550. The van der Waals surface area contributed by atoms with E-state index in [2.05, 4.69) is 31.5 Å². The van der Waals surface area contributed by atoms with Crippen LogP contribution in [0.3, 0.4) is 0 Å². The van der Waals surface area contributed by atoms with Crippen LogP contribution in [0.25, 0.3) is 0 Å². The Labute approximate surface area is 324 Å². The molecule has 5 unspecified atom stereocenters. The van der Waals surface area contributed by atoms with Crippen molar-refractivity contribution in [3.05, 3.63) is 33.5 Å². The van der Waals surface area contributed by atoms with Crippen LogP contribution in [0.4, 0.5) is 4.79 Å². The Hall–Kier alpha value is -4.05. The minimum Gasteiger partial charge on any atom is -0.442 e. The SMILES string of the molecule is CCC(Cn1nc(C)cc1C)C(=O)NN(CCC(=O)NC(CC(C)C)C(O)CC(C)C(=O)NC(C(=O)NCc1nc(C)cs1)C(C)C)C(=O)OC(C)(C)C. The highest BCUT2D eigenvalue weighted by Gasteiger charge is 2.31. The molecule has 0 radical (unpaired) electrons. The summed E-state index contributed by atoms with van der Waals surface area (Å²) in [5.74, 6) is -2.88. The maximum absolute atomic E-state index is 13.4. The minimum atomic E-state index is -1.09. The second-order valence-corrected chi connectivity index (χ2v) is 16.9. The summed E-state index contributed by atoms with van der Waals surface area (Å²) in [6, 6.07) is 0.434. The van der Waals surface area contributed by atoms with Gasteiger partial charge in [-0.1, -0.05) is 41.5 Å². The van der Waals surface area contributed by atoms with Crippen molar-refractivity contribution in [3.63, 3.8) is 0 Å². The number of hydrogen-bond donors (Lipinski definition) is 5. The van der Waals surface area contributed by atoms with Gasteiger partial charge in [-0.2, -0.15) is 5.10 Å². The number of thiazole rings is 1. The normalized spacial score (nSPS) is 14.5. The molecule has 0 fully saturated rings. The molecular formula is C38H64N8O7S. The monoisotopic (exact) mass is 776 g/mol. The number of rotatable bonds is 19. The first-order chi connectivity index (χ1) is 25.1. The van der Waals surface area contributed by atoms with Gasteiger partial charge in [-0.15, -0.1) is 11.3 Å². The molecule has 16 heteroatoms. The number of aromatic nitrogens is 3.